The number of pyridine rings is 1. The van der Waals surface area contributed by atoms with Crippen molar-refractivity contribution < 1.29 is 4.79 Å². The Hall–Kier alpha value is -2.01. The third kappa shape index (κ3) is 3.99. The van der Waals surface area contributed by atoms with Crippen molar-refractivity contribution in [1.82, 2.24) is 4.98 Å². The molecule has 1 aromatic heterocycles. The average molecular weight is 273 g/mol. The number of nitrogens with one attached hydrogen (secondary N) is 1. The molecule has 0 aliphatic rings. The quantitative estimate of drug-likeness (QED) is 0.840. The monoisotopic (exact) mass is 273 g/mol. The second kappa shape index (κ2) is 6.24. The number of rotatable bonds is 4. The third-order valence-corrected chi connectivity index (χ3v) is 3.43. The SMILES string of the molecule is CCC(=O)Nc1cc(Sc2ccc(N)cc2)ccn1. The number of anilines is 2. The van der Waals surface area contributed by atoms with E-state index < -0.39 is 0 Å². The molecule has 0 aliphatic heterocycles. The molecule has 0 radical (unpaired) electrons. The van der Waals surface area contributed by atoms with Crippen LogP contribution in [0, 0.1) is 0 Å². The number of carbonyl (C=O) groups excluding carboxylic acids is 1. The Labute approximate surface area is 116 Å². The maximum Gasteiger partial charge on any atom is 0.225 e. The summed E-state index contributed by atoms with van der Waals surface area (Å²) in [7, 11) is 0. The molecule has 1 aromatic carbocycles. The molecule has 19 heavy (non-hydrogen) atoms. The maximum atomic E-state index is 11.3. The summed E-state index contributed by atoms with van der Waals surface area (Å²) in [5, 5.41) is 2.74. The number of hydrogen-bond acceptors (Lipinski definition) is 4. The van der Waals surface area contributed by atoms with Crippen molar-refractivity contribution in [3.8, 4) is 0 Å². The average Bonchev–Trinajstić information content (AvgIpc) is 2.42. The fourth-order valence-electron chi connectivity index (χ4n) is 1.45. The van der Waals surface area contributed by atoms with Crippen molar-refractivity contribution in [2.45, 2.75) is 23.1 Å². The van der Waals surface area contributed by atoms with Crippen LogP contribution in [0.4, 0.5) is 11.5 Å². The van der Waals surface area contributed by atoms with Gasteiger partial charge in [-0.2, -0.15) is 0 Å². The van der Waals surface area contributed by atoms with Gasteiger partial charge in [0.1, 0.15) is 5.82 Å². The lowest BCUT2D eigenvalue weighted by atomic mass is 10.3. The van der Waals surface area contributed by atoms with Crippen LogP contribution in [0.5, 0.6) is 0 Å². The van der Waals surface area contributed by atoms with Crippen LogP contribution in [-0.2, 0) is 4.79 Å². The van der Waals surface area contributed by atoms with E-state index in [0.29, 0.717) is 12.2 Å². The highest BCUT2D eigenvalue weighted by atomic mass is 32.2. The standard InChI is InChI=1S/C14H15N3OS/c1-2-14(18)17-13-9-12(7-8-16-13)19-11-5-3-10(15)4-6-11/h3-9H,2,15H2,1H3,(H,16,17,18). The lowest BCUT2D eigenvalue weighted by molar-refractivity contribution is -0.115. The highest BCUT2D eigenvalue weighted by Crippen LogP contribution is 2.29. The van der Waals surface area contributed by atoms with E-state index in [1.54, 1.807) is 18.0 Å². The van der Waals surface area contributed by atoms with Crippen molar-refractivity contribution in [3.63, 3.8) is 0 Å². The second-order valence-corrected chi connectivity index (χ2v) is 5.10. The smallest absolute Gasteiger partial charge is 0.225 e. The summed E-state index contributed by atoms with van der Waals surface area (Å²) >= 11 is 1.60. The van der Waals surface area contributed by atoms with Gasteiger partial charge in [-0.15, -0.1) is 0 Å². The Kier molecular flexibility index (Phi) is 4.41. The van der Waals surface area contributed by atoms with Crippen LogP contribution >= 0.6 is 11.8 Å². The Morgan fingerprint density at radius 3 is 2.68 bits per heavy atom. The number of nitrogen functional groups attached to an aromatic ring is 1. The van der Waals surface area contributed by atoms with Gasteiger partial charge in [0.2, 0.25) is 5.91 Å². The van der Waals surface area contributed by atoms with E-state index in [4.69, 9.17) is 5.73 Å². The van der Waals surface area contributed by atoms with E-state index in [0.717, 1.165) is 15.5 Å². The molecule has 1 amide bonds. The van der Waals surface area contributed by atoms with Crippen LogP contribution < -0.4 is 11.1 Å². The molecular weight excluding hydrogens is 258 g/mol. The first-order valence-corrected chi connectivity index (χ1v) is 6.78. The topological polar surface area (TPSA) is 68.0 Å². The molecule has 0 saturated carbocycles. The van der Waals surface area contributed by atoms with Gasteiger partial charge in [-0.1, -0.05) is 18.7 Å². The van der Waals surface area contributed by atoms with Gasteiger partial charge in [-0.3, -0.25) is 4.79 Å². The zero-order valence-electron chi connectivity index (χ0n) is 10.6. The molecule has 2 rings (SSSR count). The van der Waals surface area contributed by atoms with E-state index in [2.05, 4.69) is 10.3 Å². The van der Waals surface area contributed by atoms with Crippen LogP contribution in [0.1, 0.15) is 13.3 Å². The fourth-order valence-corrected chi connectivity index (χ4v) is 2.29. The van der Waals surface area contributed by atoms with Gasteiger partial charge in [0.15, 0.2) is 0 Å². The van der Waals surface area contributed by atoms with Gasteiger partial charge >= 0.3 is 0 Å². The number of benzene rings is 1. The minimum Gasteiger partial charge on any atom is -0.399 e. The minimum atomic E-state index is -0.0397. The first-order chi connectivity index (χ1) is 9.17. The summed E-state index contributed by atoms with van der Waals surface area (Å²) in [6.45, 7) is 1.81. The molecule has 0 bridgehead atoms. The van der Waals surface area contributed by atoms with E-state index in [1.807, 2.05) is 43.3 Å². The minimum absolute atomic E-state index is 0.0397. The van der Waals surface area contributed by atoms with Gasteiger partial charge in [0, 0.05) is 28.1 Å². The zero-order valence-corrected chi connectivity index (χ0v) is 11.4. The number of amides is 1. The molecule has 3 N–H and O–H groups in total. The summed E-state index contributed by atoms with van der Waals surface area (Å²) in [5.41, 5.74) is 6.39. The van der Waals surface area contributed by atoms with Gasteiger partial charge < -0.3 is 11.1 Å². The van der Waals surface area contributed by atoms with E-state index >= 15 is 0 Å². The molecule has 0 spiro atoms. The first-order valence-electron chi connectivity index (χ1n) is 5.96. The van der Waals surface area contributed by atoms with Gasteiger partial charge in [-0.25, -0.2) is 4.98 Å². The van der Waals surface area contributed by atoms with Gasteiger partial charge in [0.25, 0.3) is 0 Å². The summed E-state index contributed by atoms with van der Waals surface area (Å²) < 4.78 is 0. The second-order valence-electron chi connectivity index (χ2n) is 3.95. The summed E-state index contributed by atoms with van der Waals surface area (Å²) in [5.74, 6) is 0.537. The highest BCUT2D eigenvalue weighted by Gasteiger charge is 2.03. The van der Waals surface area contributed by atoms with Crippen molar-refractivity contribution in [1.29, 1.82) is 0 Å². The molecule has 0 atom stereocenters. The number of nitrogens with two attached hydrogens (primary N) is 1. The maximum absolute atomic E-state index is 11.3. The number of carbonyl (C=O) groups is 1. The molecule has 5 heteroatoms. The van der Waals surface area contributed by atoms with E-state index in [9.17, 15) is 4.79 Å². The summed E-state index contributed by atoms with van der Waals surface area (Å²) in [6.07, 6.45) is 2.13. The lowest BCUT2D eigenvalue weighted by Crippen LogP contribution is -2.10. The Balaban J connectivity index is 2.10. The van der Waals surface area contributed by atoms with Crippen molar-refractivity contribution >= 4 is 29.2 Å². The molecule has 1 heterocycles. The van der Waals surface area contributed by atoms with Crippen LogP contribution in [0.2, 0.25) is 0 Å². The van der Waals surface area contributed by atoms with Crippen molar-refractivity contribution in [2.24, 2.45) is 0 Å². The number of nitrogens with zero attached hydrogens (tertiary/aromatic N) is 1. The predicted molar refractivity (Wildman–Crippen MR) is 78.1 cm³/mol. The van der Waals surface area contributed by atoms with Gasteiger partial charge in [0.05, 0.1) is 0 Å². The highest BCUT2D eigenvalue weighted by molar-refractivity contribution is 7.99. The zero-order chi connectivity index (χ0) is 13.7. The Morgan fingerprint density at radius 2 is 2.00 bits per heavy atom. The molecular formula is C14H15N3OS. The van der Waals surface area contributed by atoms with Crippen LogP contribution in [-0.4, -0.2) is 10.9 Å². The molecule has 98 valence electrons. The largest absolute Gasteiger partial charge is 0.399 e. The number of aromatic nitrogens is 1. The Bertz CT molecular complexity index is 569. The lowest BCUT2D eigenvalue weighted by Gasteiger charge is -2.05. The van der Waals surface area contributed by atoms with Crippen LogP contribution in [0.15, 0.2) is 52.4 Å². The van der Waals surface area contributed by atoms with Crippen LogP contribution in [0.25, 0.3) is 0 Å². The molecule has 0 aliphatic carbocycles. The van der Waals surface area contributed by atoms with Crippen molar-refractivity contribution in [2.75, 3.05) is 11.1 Å². The van der Waals surface area contributed by atoms with E-state index in [1.165, 1.54) is 0 Å². The summed E-state index contributed by atoms with van der Waals surface area (Å²) in [6, 6.07) is 11.4. The molecule has 0 fully saturated rings. The molecule has 4 nitrogen and oxygen atoms in total. The normalized spacial score (nSPS) is 10.2. The van der Waals surface area contributed by atoms with Crippen molar-refractivity contribution in [3.05, 3.63) is 42.6 Å². The Morgan fingerprint density at radius 1 is 1.26 bits per heavy atom. The summed E-state index contributed by atoms with van der Waals surface area (Å²) in [4.78, 5) is 17.5. The fraction of sp³-hybridized carbons (Fsp3) is 0.143. The molecule has 2 aromatic rings. The van der Waals surface area contributed by atoms with Crippen LogP contribution in [0.3, 0.4) is 0 Å². The number of hydrogen-bond donors (Lipinski definition) is 2. The van der Waals surface area contributed by atoms with E-state index in [-0.39, 0.29) is 5.91 Å². The first kappa shape index (κ1) is 13.4. The third-order valence-electron chi connectivity index (χ3n) is 2.44. The van der Waals surface area contributed by atoms with Gasteiger partial charge in [-0.05, 0) is 36.4 Å². The predicted octanol–water partition coefficient (Wildman–Crippen LogP) is 3.16. The molecule has 0 unspecified atom stereocenters. The molecule has 0 saturated heterocycles.